The largest absolute Gasteiger partial charge is 0.350 e. The molecule has 1 N–H and O–H groups in total. The predicted molar refractivity (Wildman–Crippen MR) is 96.4 cm³/mol. The highest BCUT2D eigenvalue weighted by molar-refractivity contribution is 7.92. The van der Waals surface area contributed by atoms with Crippen molar-refractivity contribution in [3.05, 3.63) is 65.2 Å². The third-order valence-corrected chi connectivity index (χ3v) is 4.94. The van der Waals surface area contributed by atoms with Crippen molar-refractivity contribution in [2.45, 2.75) is 20.4 Å². The topological polar surface area (TPSA) is 66.5 Å². The molecular formula is C18H22N2O3S. The van der Waals surface area contributed by atoms with Gasteiger partial charge in [-0.1, -0.05) is 42.5 Å². The van der Waals surface area contributed by atoms with E-state index in [2.05, 4.69) is 5.32 Å². The molecule has 0 heterocycles. The molecule has 1 amide bonds. The molecule has 24 heavy (non-hydrogen) atoms. The van der Waals surface area contributed by atoms with E-state index in [0.717, 1.165) is 27.3 Å². The Balaban J connectivity index is 2.12. The molecule has 0 saturated heterocycles. The van der Waals surface area contributed by atoms with Crippen molar-refractivity contribution in [1.82, 2.24) is 5.32 Å². The van der Waals surface area contributed by atoms with E-state index in [4.69, 9.17) is 0 Å². The average molecular weight is 346 g/mol. The van der Waals surface area contributed by atoms with Crippen LogP contribution in [0, 0.1) is 13.8 Å². The Morgan fingerprint density at radius 1 is 1.00 bits per heavy atom. The molecule has 0 unspecified atom stereocenters. The highest BCUT2D eigenvalue weighted by Crippen LogP contribution is 2.21. The molecule has 0 aliphatic carbocycles. The summed E-state index contributed by atoms with van der Waals surface area (Å²) in [6.45, 7) is 3.92. The molecule has 6 heteroatoms. The van der Waals surface area contributed by atoms with Gasteiger partial charge in [0.15, 0.2) is 0 Å². The maximum atomic E-state index is 12.3. The van der Waals surface area contributed by atoms with Crippen LogP contribution in [-0.2, 0) is 21.4 Å². The zero-order valence-corrected chi connectivity index (χ0v) is 14.9. The number of hydrogen-bond donors (Lipinski definition) is 1. The van der Waals surface area contributed by atoms with Crippen LogP contribution >= 0.6 is 0 Å². The summed E-state index contributed by atoms with van der Waals surface area (Å²) in [6.07, 6.45) is 1.11. The van der Waals surface area contributed by atoms with Gasteiger partial charge in [-0.25, -0.2) is 8.42 Å². The normalized spacial score (nSPS) is 11.1. The molecule has 0 aliphatic heterocycles. The number of amides is 1. The lowest BCUT2D eigenvalue weighted by Crippen LogP contribution is -2.40. The molecule has 2 rings (SSSR count). The van der Waals surface area contributed by atoms with E-state index in [1.807, 2.05) is 50.2 Å². The van der Waals surface area contributed by atoms with Crippen LogP contribution in [0.4, 0.5) is 5.69 Å². The number of nitrogens with zero attached hydrogens (tertiary/aromatic N) is 1. The molecule has 0 spiro atoms. The lowest BCUT2D eigenvalue weighted by Gasteiger charge is -2.23. The first-order chi connectivity index (χ1) is 11.3. The predicted octanol–water partition coefficient (Wildman–Crippen LogP) is 2.39. The van der Waals surface area contributed by atoms with Crippen LogP contribution in [0.1, 0.15) is 16.7 Å². The molecule has 2 aromatic rings. The van der Waals surface area contributed by atoms with Gasteiger partial charge in [0.1, 0.15) is 6.54 Å². The van der Waals surface area contributed by atoms with Gasteiger partial charge in [0, 0.05) is 6.54 Å². The van der Waals surface area contributed by atoms with Crippen molar-refractivity contribution >= 4 is 21.6 Å². The minimum absolute atomic E-state index is 0.241. The van der Waals surface area contributed by atoms with E-state index in [-0.39, 0.29) is 12.5 Å². The molecule has 0 bridgehead atoms. The van der Waals surface area contributed by atoms with Crippen LogP contribution in [-0.4, -0.2) is 27.1 Å². The smallest absolute Gasteiger partial charge is 0.241 e. The van der Waals surface area contributed by atoms with Crippen LogP contribution in [0.2, 0.25) is 0 Å². The van der Waals surface area contributed by atoms with Gasteiger partial charge in [0.05, 0.1) is 11.9 Å². The quantitative estimate of drug-likeness (QED) is 0.873. The van der Waals surface area contributed by atoms with Crippen molar-refractivity contribution in [1.29, 1.82) is 0 Å². The Morgan fingerprint density at radius 2 is 1.58 bits per heavy atom. The molecule has 0 aromatic heterocycles. The average Bonchev–Trinajstić information content (AvgIpc) is 2.52. The van der Waals surface area contributed by atoms with E-state index in [0.29, 0.717) is 12.2 Å². The molecule has 5 nitrogen and oxygen atoms in total. The second-order valence-corrected chi connectivity index (χ2v) is 7.67. The number of nitrogens with one attached hydrogen (secondary N) is 1. The van der Waals surface area contributed by atoms with Crippen LogP contribution in [0.5, 0.6) is 0 Å². The number of aryl methyl sites for hydroxylation is 2. The lowest BCUT2D eigenvalue weighted by atomic mass is 10.1. The lowest BCUT2D eigenvalue weighted by molar-refractivity contribution is -0.119. The monoisotopic (exact) mass is 346 g/mol. The van der Waals surface area contributed by atoms with E-state index in [1.165, 1.54) is 0 Å². The number of para-hydroxylation sites is 1. The van der Waals surface area contributed by atoms with Crippen molar-refractivity contribution in [2.75, 3.05) is 17.1 Å². The van der Waals surface area contributed by atoms with Gasteiger partial charge in [-0.05, 0) is 36.6 Å². The summed E-state index contributed by atoms with van der Waals surface area (Å²) < 4.78 is 25.3. The van der Waals surface area contributed by atoms with Gasteiger partial charge in [0.2, 0.25) is 15.9 Å². The zero-order chi connectivity index (χ0) is 17.7. The summed E-state index contributed by atoms with van der Waals surface area (Å²) >= 11 is 0. The Kier molecular flexibility index (Phi) is 5.62. The van der Waals surface area contributed by atoms with Gasteiger partial charge < -0.3 is 5.32 Å². The Labute approximate surface area is 143 Å². The molecule has 0 fully saturated rings. The fourth-order valence-electron chi connectivity index (χ4n) is 2.41. The van der Waals surface area contributed by atoms with Crippen molar-refractivity contribution < 1.29 is 13.2 Å². The van der Waals surface area contributed by atoms with Crippen molar-refractivity contribution in [3.63, 3.8) is 0 Å². The van der Waals surface area contributed by atoms with Gasteiger partial charge in [-0.2, -0.15) is 0 Å². The van der Waals surface area contributed by atoms with Crippen LogP contribution in [0.15, 0.2) is 48.5 Å². The maximum absolute atomic E-state index is 12.3. The molecule has 2 aromatic carbocycles. The van der Waals surface area contributed by atoms with Crippen molar-refractivity contribution in [2.24, 2.45) is 0 Å². The molecule has 0 aliphatic rings. The fraction of sp³-hybridized carbons (Fsp3) is 0.278. The summed E-state index contributed by atoms with van der Waals surface area (Å²) in [6, 6.07) is 14.9. The second-order valence-electron chi connectivity index (χ2n) is 5.76. The minimum atomic E-state index is -3.55. The molecule has 0 atom stereocenters. The number of sulfonamides is 1. The first-order valence-corrected chi connectivity index (χ1v) is 9.48. The van der Waals surface area contributed by atoms with Gasteiger partial charge in [-0.15, -0.1) is 0 Å². The van der Waals surface area contributed by atoms with Gasteiger partial charge in [-0.3, -0.25) is 9.10 Å². The van der Waals surface area contributed by atoms with E-state index >= 15 is 0 Å². The number of hydrogen-bond acceptors (Lipinski definition) is 3. The second kappa shape index (κ2) is 7.49. The number of carbonyl (C=O) groups excluding carboxylic acids is 1. The molecular weight excluding hydrogens is 324 g/mol. The highest BCUT2D eigenvalue weighted by atomic mass is 32.2. The number of carbonyl (C=O) groups is 1. The number of anilines is 1. The Hall–Kier alpha value is -2.34. The fourth-order valence-corrected chi connectivity index (χ4v) is 3.33. The van der Waals surface area contributed by atoms with E-state index < -0.39 is 10.0 Å². The summed E-state index contributed by atoms with van der Waals surface area (Å²) in [5.41, 5.74) is 3.41. The van der Waals surface area contributed by atoms with E-state index in [1.54, 1.807) is 12.1 Å². The van der Waals surface area contributed by atoms with Crippen molar-refractivity contribution in [3.8, 4) is 0 Å². The third kappa shape index (κ3) is 4.58. The molecule has 0 saturated carbocycles. The maximum Gasteiger partial charge on any atom is 0.241 e. The highest BCUT2D eigenvalue weighted by Gasteiger charge is 2.21. The number of rotatable bonds is 6. The summed E-state index contributed by atoms with van der Waals surface area (Å²) in [5.74, 6) is -0.341. The Bertz CT molecular complexity index is 832. The summed E-state index contributed by atoms with van der Waals surface area (Å²) in [7, 11) is -3.55. The van der Waals surface area contributed by atoms with Crippen LogP contribution < -0.4 is 9.62 Å². The van der Waals surface area contributed by atoms with Crippen LogP contribution in [0.25, 0.3) is 0 Å². The zero-order valence-electron chi connectivity index (χ0n) is 14.1. The summed E-state index contributed by atoms with van der Waals surface area (Å²) in [4.78, 5) is 12.3. The SMILES string of the molecule is Cc1ccccc1CNC(=O)CN(c1ccccc1C)S(C)(=O)=O. The molecule has 0 radical (unpaired) electrons. The van der Waals surface area contributed by atoms with Gasteiger partial charge in [0.25, 0.3) is 0 Å². The van der Waals surface area contributed by atoms with Gasteiger partial charge >= 0.3 is 0 Å². The molecule has 128 valence electrons. The Morgan fingerprint density at radius 3 is 2.17 bits per heavy atom. The number of benzene rings is 2. The first-order valence-electron chi connectivity index (χ1n) is 7.63. The standard InChI is InChI=1S/C18H22N2O3S/c1-14-8-4-6-10-16(14)12-19-18(21)13-20(24(3,22)23)17-11-7-5-9-15(17)2/h4-11H,12-13H2,1-3H3,(H,19,21). The van der Waals surface area contributed by atoms with E-state index in [9.17, 15) is 13.2 Å². The minimum Gasteiger partial charge on any atom is -0.350 e. The first kappa shape index (κ1) is 18.0. The van der Waals surface area contributed by atoms with Crippen LogP contribution in [0.3, 0.4) is 0 Å². The third-order valence-electron chi connectivity index (χ3n) is 3.81. The summed E-state index contributed by atoms with van der Waals surface area (Å²) in [5, 5.41) is 2.79.